The molecule has 0 unspecified atom stereocenters. The number of anilines is 1. The molecule has 82 valence electrons. The molecule has 0 atom stereocenters. The average Bonchev–Trinajstić information content (AvgIpc) is 2.77. The van der Waals surface area contributed by atoms with Crippen LogP contribution in [0.1, 0.15) is 18.1 Å². The quantitative estimate of drug-likeness (QED) is 0.822. The summed E-state index contributed by atoms with van der Waals surface area (Å²) in [6.45, 7) is 1.96. The van der Waals surface area contributed by atoms with Crippen LogP contribution in [0.4, 0.5) is 5.69 Å². The lowest BCUT2D eigenvalue weighted by atomic mass is 10.1. The summed E-state index contributed by atoms with van der Waals surface area (Å²) in [5, 5.41) is 9.12. The number of aromatic nitrogens is 2. The third kappa shape index (κ3) is 1.20. The zero-order valence-electron chi connectivity index (χ0n) is 9.19. The largest absolute Gasteiger partial charge is 0.482 e. The van der Waals surface area contributed by atoms with Crippen LogP contribution in [0.25, 0.3) is 5.65 Å². The predicted octanol–water partition coefficient (Wildman–Crippen LogP) is 1.36. The molecule has 2 aromatic rings. The minimum absolute atomic E-state index is 0.408. The lowest BCUT2D eigenvalue weighted by Crippen LogP contribution is -2.06. The summed E-state index contributed by atoms with van der Waals surface area (Å²) in [6.07, 6.45) is 4.09. The van der Waals surface area contributed by atoms with E-state index in [0.717, 1.165) is 5.56 Å². The fourth-order valence-electron chi connectivity index (χ4n) is 1.87. The third-order valence-electron chi connectivity index (χ3n) is 2.59. The first-order chi connectivity index (χ1) is 7.74. The number of imidazole rings is 1. The molecule has 2 aromatic heterocycles. The third-order valence-corrected chi connectivity index (χ3v) is 2.59. The van der Waals surface area contributed by atoms with Crippen molar-refractivity contribution in [2.24, 2.45) is 0 Å². The molecule has 0 radical (unpaired) electrons. The highest BCUT2D eigenvalue weighted by Crippen LogP contribution is 2.30. The van der Waals surface area contributed by atoms with Gasteiger partial charge in [-0.3, -0.25) is 4.40 Å². The van der Waals surface area contributed by atoms with Gasteiger partial charge in [-0.1, -0.05) is 6.92 Å². The molecule has 2 heterocycles. The molecule has 5 nitrogen and oxygen atoms in total. The topological polar surface area (TPSA) is 76.3 Å². The highest BCUT2D eigenvalue weighted by atomic mass is 16.5. The number of nitrogens with two attached hydrogens (primary N) is 1. The van der Waals surface area contributed by atoms with Crippen molar-refractivity contribution in [3.05, 3.63) is 23.5 Å². The number of nitriles is 1. The fourth-order valence-corrected chi connectivity index (χ4v) is 1.87. The second-order valence-electron chi connectivity index (χ2n) is 3.36. The summed E-state index contributed by atoms with van der Waals surface area (Å²) in [7, 11) is 1.57. The van der Waals surface area contributed by atoms with Crippen molar-refractivity contribution in [2.45, 2.75) is 13.3 Å². The molecule has 2 rings (SSSR count). The zero-order chi connectivity index (χ0) is 11.7. The maximum atomic E-state index is 9.12. The van der Waals surface area contributed by atoms with Crippen LogP contribution in [0.5, 0.6) is 5.88 Å². The molecule has 0 aliphatic carbocycles. The molecular formula is C11H12N4O. The number of pyridine rings is 1. The summed E-state index contributed by atoms with van der Waals surface area (Å²) in [6, 6.07) is 2.11. The first-order valence-electron chi connectivity index (χ1n) is 4.96. The Kier molecular flexibility index (Phi) is 2.41. The monoisotopic (exact) mass is 216 g/mol. The summed E-state index contributed by atoms with van der Waals surface area (Å²) >= 11 is 0. The fraction of sp³-hybridized carbons (Fsp3) is 0.273. The smallest absolute Gasteiger partial charge is 0.203 e. The predicted molar refractivity (Wildman–Crippen MR) is 60.2 cm³/mol. The SMILES string of the molecule is CCc1c(C#N)c(N)c2nccn2c1OC. The van der Waals surface area contributed by atoms with Gasteiger partial charge in [-0.05, 0) is 6.42 Å². The second-order valence-corrected chi connectivity index (χ2v) is 3.36. The van der Waals surface area contributed by atoms with Gasteiger partial charge >= 0.3 is 0 Å². The van der Waals surface area contributed by atoms with E-state index < -0.39 is 0 Å². The van der Waals surface area contributed by atoms with Gasteiger partial charge in [0.15, 0.2) is 5.65 Å². The molecule has 5 heteroatoms. The number of nitrogen functional groups attached to an aromatic ring is 1. The van der Waals surface area contributed by atoms with E-state index in [1.54, 1.807) is 23.9 Å². The minimum Gasteiger partial charge on any atom is -0.482 e. The van der Waals surface area contributed by atoms with E-state index in [1.165, 1.54) is 0 Å². The number of hydrogen-bond donors (Lipinski definition) is 1. The number of methoxy groups -OCH3 is 1. The van der Waals surface area contributed by atoms with E-state index in [2.05, 4.69) is 11.1 Å². The Labute approximate surface area is 93.1 Å². The standard InChI is InChI=1S/C11H12N4O/c1-3-7-8(6-12)9(13)10-14-4-5-15(10)11(7)16-2/h4-5H,3,13H2,1-2H3. The van der Waals surface area contributed by atoms with E-state index in [-0.39, 0.29) is 0 Å². The summed E-state index contributed by atoms with van der Waals surface area (Å²) in [5.74, 6) is 0.626. The zero-order valence-corrected chi connectivity index (χ0v) is 9.19. The van der Waals surface area contributed by atoms with Crippen molar-refractivity contribution in [3.63, 3.8) is 0 Å². The highest BCUT2D eigenvalue weighted by molar-refractivity contribution is 5.76. The Morgan fingerprint density at radius 3 is 2.94 bits per heavy atom. The first kappa shape index (κ1) is 10.3. The van der Waals surface area contributed by atoms with Crippen molar-refractivity contribution in [1.29, 1.82) is 5.26 Å². The van der Waals surface area contributed by atoms with Gasteiger partial charge in [0.1, 0.15) is 6.07 Å². The van der Waals surface area contributed by atoms with Gasteiger partial charge in [-0.15, -0.1) is 0 Å². The Morgan fingerprint density at radius 1 is 1.62 bits per heavy atom. The molecule has 0 saturated heterocycles. The van der Waals surface area contributed by atoms with Crippen molar-refractivity contribution >= 4 is 11.3 Å². The van der Waals surface area contributed by atoms with Crippen LogP contribution in [0.15, 0.2) is 12.4 Å². The Balaban J connectivity index is 2.96. The van der Waals surface area contributed by atoms with Gasteiger partial charge in [-0.25, -0.2) is 4.98 Å². The number of nitrogens with zero attached hydrogens (tertiary/aromatic N) is 3. The number of rotatable bonds is 2. The molecule has 0 aliphatic rings. The number of hydrogen-bond acceptors (Lipinski definition) is 4. The molecule has 16 heavy (non-hydrogen) atoms. The van der Waals surface area contributed by atoms with Gasteiger partial charge in [0.05, 0.1) is 18.4 Å². The van der Waals surface area contributed by atoms with Crippen LogP contribution in [0, 0.1) is 11.3 Å². The summed E-state index contributed by atoms with van der Waals surface area (Å²) in [5.41, 5.74) is 8.15. The van der Waals surface area contributed by atoms with E-state index in [1.807, 2.05) is 6.92 Å². The van der Waals surface area contributed by atoms with Crippen LogP contribution < -0.4 is 10.5 Å². The van der Waals surface area contributed by atoms with Crippen molar-refractivity contribution in [3.8, 4) is 11.9 Å². The normalized spacial score (nSPS) is 10.3. The van der Waals surface area contributed by atoms with E-state index >= 15 is 0 Å². The Morgan fingerprint density at radius 2 is 2.38 bits per heavy atom. The molecule has 0 bridgehead atoms. The lowest BCUT2D eigenvalue weighted by Gasteiger charge is -2.13. The first-order valence-corrected chi connectivity index (χ1v) is 4.96. The number of fused-ring (bicyclic) bond motifs is 1. The van der Waals surface area contributed by atoms with Crippen LogP contribution in [0.3, 0.4) is 0 Å². The van der Waals surface area contributed by atoms with Crippen molar-refractivity contribution in [2.75, 3.05) is 12.8 Å². The molecule has 0 spiro atoms. The van der Waals surface area contributed by atoms with Crippen molar-refractivity contribution < 1.29 is 4.74 Å². The van der Waals surface area contributed by atoms with Gasteiger partial charge in [0.25, 0.3) is 0 Å². The molecule has 0 aliphatic heterocycles. The average molecular weight is 216 g/mol. The van der Waals surface area contributed by atoms with Gasteiger partial charge in [-0.2, -0.15) is 5.26 Å². The number of ether oxygens (including phenoxy) is 1. The Hall–Kier alpha value is -2.22. The molecular weight excluding hydrogens is 204 g/mol. The van der Waals surface area contributed by atoms with Crippen molar-refractivity contribution in [1.82, 2.24) is 9.38 Å². The van der Waals surface area contributed by atoms with Gasteiger partial charge in [0, 0.05) is 18.0 Å². The van der Waals surface area contributed by atoms with Crippen LogP contribution in [-0.4, -0.2) is 16.5 Å². The van der Waals surface area contributed by atoms with Crippen LogP contribution in [0.2, 0.25) is 0 Å². The highest BCUT2D eigenvalue weighted by Gasteiger charge is 2.17. The van der Waals surface area contributed by atoms with E-state index in [4.69, 9.17) is 15.7 Å². The summed E-state index contributed by atoms with van der Waals surface area (Å²) in [4.78, 5) is 4.12. The molecule has 0 saturated carbocycles. The minimum atomic E-state index is 0.408. The van der Waals surface area contributed by atoms with Gasteiger partial charge in [0.2, 0.25) is 5.88 Å². The Bertz CT molecular complexity index is 580. The maximum Gasteiger partial charge on any atom is 0.203 e. The molecule has 0 fully saturated rings. The van der Waals surface area contributed by atoms with Crippen LogP contribution in [-0.2, 0) is 6.42 Å². The lowest BCUT2D eigenvalue weighted by molar-refractivity contribution is 0.387. The molecule has 2 N–H and O–H groups in total. The maximum absolute atomic E-state index is 9.12. The van der Waals surface area contributed by atoms with Crippen LogP contribution >= 0.6 is 0 Å². The van der Waals surface area contributed by atoms with Gasteiger partial charge < -0.3 is 10.5 Å². The molecule has 0 aromatic carbocycles. The van der Waals surface area contributed by atoms with E-state index in [0.29, 0.717) is 29.2 Å². The second kappa shape index (κ2) is 3.74. The van der Waals surface area contributed by atoms with E-state index in [9.17, 15) is 0 Å². The molecule has 0 amide bonds. The summed E-state index contributed by atoms with van der Waals surface area (Å²) < 4.78 is 7.08.